The maximum Gasteiger partial charge on any atom is 0.252 e. The molecule has 4 heteroatoms. The normalized spacial score (nSPS) is 22.9. The molecule has 0 radical (unpaired) electrons. The van der Waals surface area contributed by atoms with Gasteiger partial charge in [-0.15, -0.1) is 0 Å². The van der Waals surface area contributed by atoms with Crippen LogP contribution in [0.15, 0.2) is 18.2 Å². The van der Waals surface area contributed by atoms with Gasteiger partial charge < -0.3 is 5.73 Å². The van der Waals surface area contributed by atoms with Crippen LogP contribution in [0.1, 0.15) is 24.2 Å². The third-order valence-electron chi connectivity index (χ3n) is 2.55. The van der Waals surface area contributed by atoms with E-state index in [0.717, 1.165) is 5.69 Å². The molecule has 0 spiro atoms. The highest BCUT2D eigenvalue weighted by Crippen LogP contribution is 2.49. The molecule has 1 aromatic rings. The lowest BCUT2D eigenvalue weighted by Gasteiger charge is -2.44. The Labute approximate surface area is 81.1 Å². The van der Waals surface area contributed by atoms with Crippen LogP contribution in [0.5, 0.6) is 0 Å². The van der Waals surface area contributed by atoms with Crippen molar-refractivity contribution in [1.82, 2.24) is 4.98 Å². The first kappa shape index (κ1) is 9.52. The Bertz CT molecular complexity index is 355. The molecule has 1 aromatic heterocycles. The standard InChI is InChI=1S/C10H12F2N2/c1-7-3-2-4-8(14-7)9(13)5-10(11,12)6-9/h2-4H,5-6,13H2,1H3. The number of alkyl halides is 2. The molecule has 1 saturated carbocycles. The summed E-state index contributed by atoms with van der Waals surface area (Å²) in [6.07, 6.45) is -0.590. The van der Waals surface area contributed by atoms with Crippen LogP contribution in [-0.4, -0.2) is 10.9 Å². The van der Waals surface area contributed by atoms with Crippen molar-refractivity contribution in [3.63, 3.8) is 0 Å². The summed E-state index contributed by atoms with van der Waals surface area (Å²) in [6.45, 7) is 1.82. The summed E-state index contributed by atoms with van der Waals surface area (Å²) in [5, 5.41) is 0. The molecule has 0 aliphatic heterocycles. The average Bonchev–Trinajstić information content (AvgIpc) is 2.00. The molecule has 0 aromatic carbocycles. The molecule has 1 fully saturated rings. The van der Waals surface area contributed by atoms with E-state index in [0.29, 0.717) is 5.69 Å². The van der Waals surface area contributed by atoms with Gasteiger partial charge in [0, 0.05) is 18.5 Å². The minimum Gasteiger partial charge on any atom is -0.320 e. The lowest BCUT2D eigenvalue weighted by atomic mass is 9.72. The van der Waals surface area contributed by atoms with Gasteiger partial charge in [0.2, 0.25) is 0 Å². The molecular formula is C10H12F2N2. The van der Waals surface area contributed by atoms with E-state index < -0.39 is 11.5 Å². The van der Waals surface area contributed by atoms with Crippen LogP contribution >= 0.6 is 0 Å². The molecule has 0 saturated heterocycles. The van der Waals surface area contributed by atoms with Crippen molar-refractivity contribution in [2.45, 2.75) is 31.2 Å². The highest BCUT2D eigenvalue weighted by atomic mass is 19.3. The van der Waals surface area contributed by atoms with Gasteiger partial charge in [0.25, 0.3) is 5.92 Å². The van der Waals surface area contributed by atoms with Crippen LogP contribution in [0.25, 0.3) is 0 Å². The zero-order chi connectivity index (χ0) is 10.4. The Balaban J connectivity index is 2.25. The fourth-order valence-electron chi connectivity index (χ4n) is 1.87. The number of nitrogens with zero attached hydrogens (tertiary/aromatic N) is 1. The van der Waals surface area contributed by atoms with Crippen LogP contribution in [-0.2, 0) is 5.54 Å². The summed E-state index contributed by atoms with van der Waals surface area (Å²) in [5.74, 6) is -2.61. The van der Waals surface area contributed by atoms with E-state index in [-0.39, 0.29) is 12.8 Å². The molecule has 0 amide bonds. The van der Waals surface area contributed by atoms with Gasteiger partial charge in [-0.1, -0.05) is 6.07 Å². The fourth-order valence-corrected chi connectivity index (χ4v) is 1.87. The SMILES string of the molecule is Cc1cccc(C2(N)CC(F)(F)C2)n1. The maximum atomic E-state index is 12.7. The van der Waals surface area contributed by atoms with Crippen molar-refractivity contribution >= 4 is 0 Å². The Kier molecular flexibility index (Phi) is 1.86. The monoisotopic (exact) mass is 198 g/mol. The first-order valence-electron chi connectivity index (χ1n) is 4.52. The predicted molar refractivity (Wildman–Crippen MR) is 49.0 cm³/mol. The summed E-state index contributed by atoms with van der Waals surface area (Å²) < 4.78 is 25.4. The number of aryl methyl sites for hydroxylation is 1. The molecule has 0 atom stereocenters. The van der Waals surface area contributed by atoms with Gasteiger partial charge in [-0.25, -0.2) is 8.78 Å². The van der Waals surface area contributed by atoms with Crippen molar-refractivity contribution in [2.75, 3.05) is 0 Å². The molecule has 2 N–H and O–H groups in total. The molecule has 1 aliphatic rings. The molecule has 2 rings (SSSR count). The van der Waals surface area contributed by atoms with Gasteiger partial charge in [0.15, 0.2) is 0 Å². The van der Waals surface area contributed by atoms with Gasteiger partial charge in [-0.3, -0.25) is 4.98 Å². The zero-order valence-electron chi connectivity index (χ0n) is 7.93. The van der Waals surface area contributed by atoms with Gasteiger partial charge in [0.1, 0.15) is 0 Å². The summed E-state index contributed by atoms with van der Waals surface area (Å²) in [5.41, 5.74) is 6.29. The van der Waals surface area contributed by atoms with Crippen molar-refractivity contribution in [3.8, 4) is 0 Å². The van der Waals surface area contributed by atoms with E-state index in [9.17, 15) is 8.78 Å². The van der Waals surface area contributed by atoms with E-state index in [1.54, 1.807) is 12.1 Å². The van der Waals surface area contributed by atoms with Crippen molar-refractivity contribution < 1.29 is 8.78 Å². The van der Waals surface area contributed by atoms with E-state index in [2.05, 4.69) is 4.98 Å². The maximum absolute atomic E-state index is 12.7. The second kappa shape index (κ2) is 2.73. The molecule has 0 unspecified atom stereocenters. The highest BCUT2D eigenvalue weighted by molar-refractivity contribution is 5.23. The second-order valence-electron chi connectivity index (χ2n) is 4.03. The highest BCUT2D eigenvalue weighted by Gasteiger charge is 2.55. The van der Waals surface area contributed by atoms with Crippen LogP contribution in [0.2, 0.25) is 0 Å². The number of hydrogen-bond acceptors (Lipinski definition) is 2. The number of halogens is 2. The molecule has 76 valence electrons. The molecule has 1 aliphatic carbocycles. The minimum absolute atomic E-state index is 0.295. The van der Waals surface area contributed by atoms with Crippen molar-refractivity contribution in [3.05, 3.63) is 29.6 Å². The Morgan fingerprint density at radius 1 is 1.36 bits per heavy atom. The first-order valence-corrected chi connectivity index (χ1v) is 4.52. The third-order valence-corrected chi connectivity index (χ3v) is 2.55. The van der Waals surface area contributed by atoms with Gasteiger partial charge in [-0.05, 0) is 19.1 Å². The quantitative estimate of drug-likeness (QED) is 0.749. The third kappa shape index (κ3) is 1.50. The van der Waals surface area contributed by atoms with Crippen LogP contribution in [0.4, 0.5) is 8.78 Å². The molecule has 0 bridgehead atoms. The first-order chi connectivity index (χ1) is 6.41. The summed E-state index contributed by atoms with van der Waals surface area (Å²) in [6, 6.07) is 5.33. The van der Waals surface area contributed by atoms with Crippen LogP contribution in [0, 0.1) is 6.92 Å². The summed E-state index contributed by atoms with van der Waals surface area (Å²) >= 11 is 0. The second-order valence-corrected chi connectivity index (χ2v) is 4.03. The zero-order valence-corrected chi connectivity index (χ0v) is 7.93. The molecular weight excluding hydrogens is 186 g/mol. The van der Waals surface area contributed by atoms with E-state index >= 15 is 0 Å². The average molecular weight is 198 g/mol. The topological polar surface area (TPSA) is 38.9 Å². The fraction of sp³-hybridized carbons (Fsp3) is 0.500. The Morgan fingerprint density at radius 2 is 2.00 bits per heavy atom. The Hall–Kier alpha value is -1.03. The van der Waals surface area contributed by atoms with E-state index in [1.807, 2.05) is 13.0 Å². The smallest absolute Gasteiger partial charge is 0.252 e. The van der Waals surface area contributed by atoms with Gasteiger partial charge in [0.05, 0.1) is 11.2 Å². The molecule has 14 heavy (non-hydrogen) atoms. The number of hydrogen-bond donors (Lipinski definition) is 1. The van der Waals surface area contributed by atoms with Gasteiger partial charge >= 0.3 is 0 Å². The number of aromatic nitrogens is 1. The Morgan fingerprint density at radius 3 is 2.50 bits per heavy atom. The minimum atomic E-state index is -2.61. The number of pyridine rings is 1. The van der Waals surface area contributed by atoms with Crippen LogP contribution in [0.3, 0.4) is 0 Å². The summed E-state index contributed by atoms with van der Waals surface area (Å²) in [7, 11) is 0. The predicted octanol–water partition coefficient (Wildman–Crippen LogP) is 1.97. The largest absolute Gasteiger partial charge is 0.320 e. The lowest BCUT2D eigenvalue weighted by Crippen LogP contribution is -2.56. The van der Waals surface area contributed by atoms with Crippen molar-refractivity contribution in [1.29, 1.82) is 0 Å². The van der Waals surface area contributed by atoms with E-state index in [4.69, 9.17) is 5.73 Å². The van der Waals surface area contributed by atoms with Gasteiger partial charge in [-0.2, -0.15) is 0 Å². The molecule has 1 heterocycles. The van der Waals surface area contributed by atoms with Crippen molar-refractivity contribution in [2.24, 2.45) is 5.73 Å². The summed E-state index contributed by atoms with van der Waals surface area (Å²) in [4.78, 5) is 4.17. The van der Waals surface area contributed by atoms with E-state index in [1.165, 1.54) is 0 Å². The number of rotatable bonds is 1. The number of nitrogens with two attached hydrogens (primary N) is 1. The van der Waals surface area contributed by atoms with Crippen LogP contribution < -0.4 is 5.73 Å². The molecule has 2 nitrogen and oxygen atoms in total. The lowest BCUT2D eigenvalue weighted by molar-refractivity contribution is -0.126.